The van der Waals surface area contributed by atoms with E-state index < -0.39 is 24.5 Å². The van der Waals surface area contributed by atoms with Crippen LogP contribution in [0.25, 0.3) is 0 Å². The average molecular weight is 637 g/mol. The molecular weight excluding hydrogens is 575 g/mol. The molecule has 0 fully saturated rings. The van der Waals surface area contributed by atoms with Gasteiger partial charge in [0.25, 0.3) is 0 Å². The van der Waals surface area contributed by atoms with Crippen LogP contribution in [-0.2, 0) is 24.0 Å². The molecule has 2 amide bonds. The normalized spacial score (nSPS) is 10.2. The third-order valence-electron chi connectivity index (χ3n) is 7.21. The molecule has 0 aromatic heterocycles. The van der Waals surface area contributed by atoms with Crippen molar-refractivity contribution in [3.63, 3.8) is 0 Å². The van der Waals surface area contributed by atoms with Gasteiger partial charge in [-0.25, -0.2) is 0 Å². The Morgan fingerprint density at radius 2 is 0.955 bits per heavy atom. The van der Waals surface area contributed by atoms with Gasteiger partial charge in [0, 0.05) is 19.4 Å². The largest absolute Gasteiger partial charge is 1.00 e. The Kier molecular flexibility index (Phi) is 38.1. The van der Waals surface area contributed by atoms with Gasteiger partial charge in [0.1, 0.15) is 6.54 Å². The molecule has 0 unspecified atom stereocenters. The molecule has 0 atom stereocenters. The smallest absolute Gasteiger partial charge is 0.548 e. The second kappa shape index (κ2) is 35.8. The molecule has 10 nitrogen and oxygen atoms in total. The molecule has 0 heterocycles. The minimum atomic E-state index is -1.36. The predicted octanol–water partition coefficient (Wildman–Crippen LogP) is 2.85. The van der Waals surface area contributed by atoms with Crippen LogP contribution in [0, 0.1) is 0 Å². The molecule has 0 saturated carbocycles. The average Bonchev–Trinajstić information content (AvgIpc) is 2.96. The van der Waals surface area contributed by atoms with E-state index in [1.54, 1.807) is 0 Å². The van der Waals surface area contributed by atoms with Gasteiger partial charge in [-0.05, 0) is 12.8 Å². The Balaban J connectivity index is -0.000000786. The molecule has 11 heteroatoms. The summed E-state index contributed by atoms with van der Waals surface area (Å²) in [6.07, 6.45) is 24.4. The number of hydrogen-bond donors (Lipinski definition) is 3. The van der Waals surface area contributed by atoms with E-state index in [4.69, 9.17) is 10.2 Å². The van der Waals surface area contributed by atoms with Crippen LogP contribution in [0.15, 0.2) is 0 Å². The van der Waals surface area contributed by atoms with Crippen molar-refractivity contribution in [2.75, 3.05) is 19.6 Å². The van der Waals surface area contributed by atoms with Crippen LogP contribution in [-0.4, -0.2) is 64.5 Å². The van der Waals surface area contributed by atoms with Crippen molar-refractivity contribution in [3.05, 3.63) is 0 Å². The van der Waals surface area contributed by atoms with Gasteiger partial charge >= 0.3 is 41.5 Å². The number of nitrogens with one attached hydrogen (secondary N) is 1. The van der Waals surface area contributed by atoms with Crippen LogP contribution in [0.5, 0.6) is 0 Å². The number of carbonyl (C=O) groups excluding carboxylic acids is 3. The van der Waals surface area contributed by atoms with E-state index in [1.165, 1.54) is 96.3 Å². The van der Waals surface area contributed by atoms with Gasteiger partial charge in [-0.15, -0.1) is 0 Å². The van der Waals surface area contributed by atoms with Crippen LogP contribution in [0.3, 0.4) is 0 Å². The molecule has 252 valence electrons. The Hall–Kier alpha value is -1.65. The third-order valence-corrected chi connectivity index (χ3v) is 7.21. The number of amides is 2. The van der Waals surface area contributed by atoms with Crippen molar-refractivity contribution in [1.82, 2.24) is 10.2 Å². The fraction of sp³-hybridized carbons (Fsp3) is 0.848. The summed E-state index contributed by atoms with van der Waals surface area (Å²) in [5, 5.41) is 30.1. The molecule has 0 spiro atoms. The van der Waals surface area contributed by atoms with Gasteiger partial charge in [0.2, 0.25) is 11.8 Å². The van der Waals surface area contributed by atoms with Crippen molar-refractivity contribution in [3.8, 4) is 0 Å². The van der Waals surface area contributed by atoms with E-state index in [9.17, 15) is 29.1 Å². The molecule has 0 aliphatic carbocycles. The Morgan fingerprint density at radius 1 is 0.568 bits per heavy atom. The number of unbranched alkanes of at least 4 members (excludes halogenated alkanes) is 18. The van der Waals surface area contributed by atoms with Crippen molar-refractivity contribution in [1.29, 1.82) is 0 Å². The van der Waals surface area contributed by atoms with Gasteiger partial charge in [0.15, 0.2) is 0 Å². The molecule has 0 aliphatic rings. The number of rotatable bonds is 29. The van der Waals surface area contributed by atoms with Crippen LogP contribution in [0.4, 0.5) is 0 Å². The zero-order valence-electron chi connectivity index (χ0n) is 28.2. The summed E-state index contributed by atoms with van der Waals surface area (Å²) < 4.78 is 0. The minimum Gasteiger partial charge on any atom is -0.548 e. The van der Waals surface area contributed by atoms with E-state index in [-0.39, 0.29) is 67.3 Å². The molecule has 0 aromatic rings. The van der Waals surface area contributed by atoms with Gasteiger partial charge in [-0.3, -0.25) is 19.2 Å². The van der Waals surface area contributed by atoms with Gasteiger partial charge < -0.3 is 30.3 Å². The molecule has 0 radical (unpaired) electrons. The number of carbonyl (C=O) groups is 5. The van der Waals surface area contributed by atoms with E-state index >= 15 is 0 Å². The first-order chi connectivity index (χ1) is 20.6. The molecular formula is C33H61N2NaO8. The molecule has 0 bridgehead atoms. The maximum Gasteiger partial charge on any atom is 1.00 e. The van der Waals surface area contributed by atoms with Gasteiger partial charge in [0.05, 0.1) is 18.9 Å². The predicted molar refractivity (Wildman–Crippen MR) is 167 cm³/mol. The summed E-state index contributed by atoms with van der Waals surface area (Å²) in [5.41, 5.74) is 0. The molecule has 3 N–H and O–H groups in total. The maximum absolute atomic E-state index is 12.0. The molecule has 0 rings (SSSR count). The summed E-state index contributed by atoms with van der Waals surface area (Å²) >= 11 is 0. The monoisotopic (exact) mass is 636 g/mol. The second-order valence-electron chi connectivity index (χ2n) is 11.4. The number of carboxylic acids is 3. The van der Waals surface area contributed by atoms with Crippen LogP contribution in [0.1, 0.15) is 162 Å². The Morgan fingerprint density at radius 3 is 1.32 bits per heavy atom. The Labute approximate surface area is 288 Å². The number of aliphatic carboxylic acids is 3. The number of nitrogens with zero attached hydrogens (tertiary/aromatic N) is 1. The summed E-state index contributed by atoms with van der Waals surface area (Å²) in [4.78, 5) is 55.7. The van der Waals surface area contributed by atoms with Gasteiger partial charge in [-0.1, -0.05) is 129 Å². The quantitative estimate of drug-likeness (QED) is 0.0833. The zero-order chi connectivity index (χ0) is 32.6. The molecule has 0 aromatic carbocycles. The van der Waals surface area contributed by atoms with Gasteiger partial charge in [-0.2, -0.15) is 0 Å². The zero-order valence-corrected chi connectivity index (χ0v) is 30.2. The van der Waals surface area contributed by atoms with E-state index in [0.717, 1.165) is 30.6 Å². The molecule has 0 aliphatic heterocycles. The summed E-state index contributed by atoms with van der Waals surface area (Å²) in [7, 11) is 0. The molecule has 0 saturated heterocycles. The van der Waals surface area contributed by atoms with Crippen molar-refractivity contribution >= 4 is 29.7 Å². The second-order valence-corrected chi connectivity index (χ2v) is 11.4. The first kappa shape index (κ1) is 46.8. The standard InChI is InChI=1S/C19H35NO5.C14H27NO3.Na/c1-2-3-4-5-6-7-8-9-10-11-12-13-17(21)20(16-19(24)25)15-14-18(22)23;1-2-3-4-5-6-7-8-9-10-11-13(16)15-12-14(17)18;/h2-16H2,1H3,(H,22,23)(H,24,25);2-12H2,1H3,(H,15,16)(H,17,18);/q;;+1/p-1. The fourth-order valence-corrected chi connectivity index (χ4v) is 4.64. The first-order valence-electron chi connectivity index (χ1n) is 16.8. The number of hydrogen-bond acceptors (Lipinski definition) is 6. The van der Waals surface area contributed by atoms with Crippen molar-refractivity contribution in [2.24, 2.45) is 0 Å². The molecule has 44 heavy (non-hydrogen) atoms. The summed E-state index contributed by atoms with van der Waals surface area (Å²) in [6.45, 7) is 3.55. The topological polar surface area (TPSA) is 164 Å². The van der Waals surface area contributed by atoms with E-state index in [0.29, 0.717) is 12.8 Å². The Bertz CT molecular complexity index is 737. The van der Waals surface area contributed by atoms with Crippen LogP contribution >= 0.6 is 0 Å². The summed E-state index contributed by atoms with van der Waals surface area (Å²) in [6, 6.07) is 0. The maximum atomic E-state index is 12.0. The third kappa shape index (κ3) is 38.4. The van der Waals surface area contributed by atoms with Crippen molar-refractivity contribution in [2.45, 2.75) is 162 Å². The van der Waals surface area contributed by atoms with E-state index in [1.807, 2.05) is 0 Å². The van der Waals surface area contributed by atoms with Crippen LogP contribution < -0.4 is 40.0 Å². The fourth-order valence-electron chi connectivity index (χ4n) is 4.64. The SMILES string of the molecule is CCCCCCCCCCCC(=O)NCC(=O)O.CCCCCCCCCCCCCC(=O)N(CCC(=O)O)CC(=O)[O-].[Na+]. The van der Waals surface area contributed by atoms with Crippen molar-refractivity contribution < 1.29 is 68.8 Å². The van der Waals surface area contributed by atoms with Crippen LogP contribution in [0.2, 0.25) is 0 Å². The number of carboxylic acid groups (broad SMARTS) is 3. The summed E-state index contributed by atoms with van der Waals surface area (Å²) in [5.74, 6) is -3.86. The first-order valence-corrected chi connectivity index (χ1v) is 16.8. The minimum absolute atomic E-state index is 0. The van der Waals surface area contributed by atoms with E-state index in [2.05, 4.69) is 19.2 Å².